The van der Waals surface area contributed by atoms with E-state index in [1.807, 2.05) is 18.3 Å². The maximum atomic E-state index is 5.59. The second-order valence-electron chi connectivity index (χ2n) is 2.19. The molecular weight excluding hydrogens is 162 g/mol. The van der Waals surface area contributed by atoms with Gasteiger partial charge in [-0.15, -0.1) is 11.6 Å². The van der Waals surface area contributed by atoms with Gasteiger partial charge in [0.2, 0.25) is 0 Å². The molecule has 56 valence electrons. The SMILES string of the molecule is ClCc1cc2ncccn2n1. The second kappa shape index (κ2) is 2.51. The van der Waals surface area contributed by atoms with Crippen LogP contribution in [-0.2, 0) is 5.88 Å². The van der Waals surface area contributed by atoms with Crippen molar-refractivity contribution in [3.63, 3.8) is 0 Å². The monoisotopic (exact) mass is 167 g/mol. The van der Waals surface area contributed by atoms with Crippen LogP contribution in [0.1, 0.15) is 5.69 Å². The van der Waals surface area contributed by atoms with Gasteiger partial charge in [0.05, 0.1) is 11.6 Å². The molecule has 0 spiro atoms. The number of hydrogen-bond donors (Lipinski definition) is 0. The maximum absolute atomic E-state index is 5.59. The molecule has 0 aliphatic heterocycles. The van der Waals surface area contributed by atoms with Gasteiger partial charge in [0, 0.05) is 18.5 Å². The molecule has 0 radical (unpaired) electrons. The Hall–Kier alpha value is -1.09. The molecule has 0 amide bonds. The van der Waals surface area contributed by atoms with Crippen LogP contribution < -0.4 is 0 Å². The Morgan fingerprint density at radius 3 is 3.18 bits per heavy atom. The Balaban J connectivity index is 2.69. The Bertz CT molecular complexity index is 335. The van der Waals surface area contributed by atoms with E-state index in [1.54, 1.807) is 10.7 Å². The van der Waals surface area contributed by atoms with Gasteiger partial charge in [-0.05, 0) is 6.07 Å². The lowest BCUT2D eigenvalue weighted by Gasteiger charge is -1.86. The van der Waals surface area contributed by atoms with E-state index in [2.05, 4.69) is 10.1 Å². The highest BCUT2D eigenvalue weighted by atomic mass is 35.5. The summed E-state index contributed by atoms with van der Waals surface area (Å²) in [7, 11) is 0. The first kappa shape index (κ1) is 6.61. The van der Waals surface area contributed by atoms with Crippen LogP contribution in [0.25, 0.3) is 5.65 Å². The summed E-state index contributed by atoms with van der Waals surface area (Å²) in [6, 6.07) is 3.70. The predicted molar refractivity (Wildman–Crippen MR) is 42.5 cm³/mol. The van der Waals surface area contributed by atoms with Crippen LogP contribution >= 0.6 is 11.6 Å². The summed E-state index contributed by atoms with van der Waals surface area (Å²) in [4.78, 5) is 4.09. The van der Waals surface area contributed by atoms with Crippen LogP contribution in [0.2, 0.25) is 0 Å². The molecule has 2 rings (SSSR count). The molecule has 0 N–H and O–H groups in total. The van der Waals surface area contributed by atoms with Crippen molar-refractivity contribution in [3.05, 3.63) is 30.2 Å². The Kier molecular flexibility index (Phi) is 1.51. The van der Waals surface area contributed by atoms with Crippen molar-refractivity contribution in [2.75, 3.05) is 0 Å². The molecule has 2 heterocycles. The van der Waals surface area contributed by atoms with E-state index in [0.29, 0.717) is 5.88 Å². The average Bonchev–Trinajstić information content (AvgIpc) is 2.46. The number of aromatic nitrogens is 3. The summed E-state index contributed by atoms with van der Waals surface area (Å²) in [6.07, 6.45) is 3.58. The zero-order valence-electron chi connectivity index (χ0n) is 5.74. The molecule has 0 aromatic carbocycles. The van der Waals surface area contributed by atoms with Gasteiger partial charge >= 0.3 is 0 Å². The van der Waals surface area contributed by atoms with Crippen molar-refractivity contribution in [2.45, 2.75) is 5.88 Å². The van der Waals surface area contributed by atoms with Gasteiger partial charge in [0.1, 0.15) is 0 Å². The minimum Gasteiger partial charge on any atom is -0.237 e. The minimum atomic E-state index is 0.434. The van der Waals surface area contributed by atoms with Crippen molar-refractivity contribution >= 4 is 17.2 Å². The highest BCUT2D eigenvalue weighted by Crippen LogP contribution is 2.04. The number of hydrogen-bond acceptors (Lipinski definition) is 2. The lowest BCUT2D eigenvalue weighted by Crippen LogP contribution is -1.87. The molecule has 2 aromatic rings. The fourth-order valence-electron chi connectivity index (χ4n) is 0.944. The standard InChI is InChI=1S/C7H6ClN3/c8-5-6-4-7-9-2-1-3-11(7)10-6/h1-4H,5H2. The second-order valence-corrected chi connectivity index (χ2v) is 2.46. The number of alkyl halides is 1. The van der Waals surface area contributed by atoms with Gasteiger partial charge in [-0.2, -0.15) is 5.10 Å². The molecule has 3 nitrogen and oxygen atoms in total. The maximum Gasteiger partial charge on any atom is 0.155 e. The number of fused-ring (bicyclic) bond motifs is 1. The Labute approximate surface area is 68.6 Å². The van der Waals surface area contributed by atoms with Crippen LogP contribution in [0, 0.1) is 0 Å². The zero-order chi connectivity index (χ0) is 7.68. The molecule has 2 aromatic heterocycles. The van der Waals surface area contributed by atoms with Crippen LogP contribution in [0.4, 0.5) is 0 Å². The molecule has 0 aliphatic carbocycles. The van der Waals surface area contributed by atoms with E-state index in [0.717, 1.165) is 11.3 Å². The molecule has 4 heteroatoms. The normalized spacial score (nSPS) is 10.6. The fraction of sp³-hybridized carbons (Fsp3) is 0.143. The largest absolute Gasteiger partial charge is 0.237 e. The summed E-state index contributed by atoms with van der Waals surface area (Å²) >= 11 is 5.59. The lowest BCUT2D eigenvalue weighted by atomic mass is 10.5. The van der Waals surface area contributed by atoms with E-state index in [-0.39, 0.29) is 0 Å². The highest BCUT2D eigenvalue weighted by molar-refractivity contribution is 6.16. The average molecular weight is 168 g/mol. The van der Waals surface area contributed by atoms with Crippen LogP contribution in [0.5, 0.6) is 0 Å². The van der Waals surface area contributed by atoms with Crippen LogP contribution in [0.3, 0.4) is 0 Å². The zero-order valence-corrected chi connectivity index (χ0v) is 6.49. The molecule has 0 atom stereocenters. The van der Waals surface area contributed by atoms with E-state index >= 15 is 0 Å². The van der Waals surface area contributed by atoms with Crippen molar-refractivity contribution < 1.29 is 0 Å². The van der Waals surface area contributed by atoms with Crippen LogP contribution in [0.15, 0.2) is 24.5 Å². The van der Waals surface area contributed by atoms with E-state index in [9.17, 15) is 0 Å². The van der Waals surface area contributed by atoms with E-state index < -0.39 is 0 Å². The third-order valence-corrected chi connectivity index (χ3v) is 1.70. The molecule has 11 heavy (non-hydrogen) atoms. The first-order valence-electron chi connectivity index (χ1n) is 3.25. The van der Waals surface area contributed by atoms with E-state index in [4.69, 9.17) is 11.6 Å². The smallest absolute Gasteiger partial charge is 0.155 e. The minimum absolute atomic E-state index is 0.434. The van der Waals surface area contributed by atoms with Gasteiger partial charge in [0.25, 0.3) is 0 Å². The molecule has 0 unspecified atom stereocenters. The van der Waals surface area contributed by atoms with Crippen molar-refractivity contribution in [1.29, 1.82) is 0 Å². The van der Waals surface area contributed by atoms with Crippen LogP contribution in [-0.4, -0.2) is 14.6 Å². The summed E-state index contributed by atoms with van der Waals surface area (Å²) in [6.45, 7) is 0. The molecule has 0 bridgehead atoms. The van der Waals surface area contributed by atoms with Gasteiger partial charge < -0.3 is 0 Å². The highest BCUT2D eigenvalue weighted by Gasteiger charge is 1.98. The summed E-state index contributed by atoms with van der Waals surface area (Å²) in [5.74, 6) is 0.434. The predicted octanol–water partition coefficient (Wildman–Crippen LogP) is 1.47. The quantitative estimate of drug-likeness (QED) is 0.602. The first-order chi connectivity index (χ1) is 5.40. The van der Waals surface area contributed by atoms with E-state index in [1.165, 1.54) is 0 Å². The first-order valence-corrected chi connectivity index (χ1v) is 3.79. The lowest BCUT2D eigenvalue weighted by molar-refractivity contribution is 0.912. The molecule has 0 saturated heterocycles. The number of halogens is 1. The Morgan fingerprint density at radius 1 is 1.55 bits per heavy atom. The van der Waals surface area contributed by atoms with Gasteiger partial charge in [-0.25, -0.2) is 9.50 Å². The van der Waals surface area contributed by atoms with Crippen molar-refractivity contribution in [2.24, 2.45) is 0 Å². The van der Waals surface area contributed by atoms with Gasteiger partial charge in [-0.1, -0.05) is 0 Å². The third kappa shape index (κ3) is 1.07. The molecular formula is C7H6ClN3. The van der Waals surface area contributed by atoms with Crippen molar-refractivity contribution in [3.8, 4) is 0 Å². The number of rotatable bonds is 1. The Morgan fingerprint density at radius 2 is 2.45 bits per heavy atom. The number of nitrogens with zero attached hydrogens (tertiary/aromatic N) is 3. The molecule has 0 saturated carbocycles. The summed E-state index contributed by atoms with van der Waals surface area (Å²) in [5.41, 5.74) is 1.69. The topological polar surface area (TPSA) is 30.2 Å². The summed E-state index contributed by atoms with van der Waals surface area (Å²) in [5, 5.41) is 4.15. The third-order valence-electron chi connectivity index (χ3n) is 1.42. The molecule has 0 fully saturated rings. The fourth-order valence-corrected chi connectivity index (χ4v) is 1.08. The van der Waals surface area contributed by atoms with Crippen molar-refractivity contribution in [1.82, 2.24) is 14.6 Å². The van der Waals surface area contributed by atoms with Gasteiger partial charge in [0.15, 0.2) is 5.65 Å². The summed E-state index contributed by atoms with van der Waals surface area (Å²) < 4.78 is 1.71. The van der Waals surface area contributed by atoms with Gasteiger partial charge in [-0.3, -0.25) is 0 Å². The molecule has 0 aliphatic rings.